The number of benzene rings is 8. The molecule has 3 aromatic heterocycles. The van der Waals surface area contributed by atoms with Crippen LogP contribution < -0.4 is 0 Å². The number of rotatable bonds is 7. The number of fused-ring (bicyclic) bond motifs is 6. The molecule has 0 fully saturated rings. The second-order valence-corrected chi connectivity index (χ2v) is 16.1. The van der Waals surface area contributed by atoms with Crippen molar-refractivity contribution >= 4 is 49.3 Å². The van der Waals surface area contributed by atoms with Gasteiger partial charge in [0, 0.05) is 43.0 Å². The lowest BCUT2D eigenvalue weighted by molar-refractivity contribution is 0.830. The van der Waals surface area contributed by atoms with Gasteiger partial charge in [-0.2, -0.15) is 0 Å². The van der Waals surface area contributed by atoms with Gasteiger partial charge in [-0.15, -0.1) is 11.3 Å². The lowest BCUT2D eigenvalue weighted by Gasteiger charge is -2.24. The fourth-order valence-electron chi connectivity index (χ4n) is 8.61. The number of nitrogens with zero attached hydrogens (tertiary/aromatic N) is 4. The van der Waals surface area contributed by atoms with Gasteiger partial charge in [-0.3, -0.25) is 0 Å². The topological polar surface area (TPSA) is 43.6 Å². The second-order valence-electron chi connectivity index (χ2n) is 15.0. The maximum Gasteiger partial charge on any atom is 0.164 e. The zero-order chi connectivity index (χ0) is 49.7. The molecule has 5 heteroatoms. The van der Waals surface area contributed by atoms with Gasteiger partial charge in [-0.1, -0.05) is 170 Å². The molecule has 0 saturated carbocycles. The summed E-state index contributed by atoms with van der Waals surface area (Å²) in [7, 11) is 0. The summed E-state index contributed by atoms with van der Waals surface area (Å²) in [5.41, 5.74) is 5.01. The Morgan fingerprint density at radius 3 is 1.90 bits per heavy atom. The van der Waals surface area contributed by atoms with Crippen molar-refractivity contribution < 1.29 is 13.7 Å². The molecule has 8 aromatic carbocycles. The third-order valence-corrected chi connectivity index (χ3v) is 12.7. The molecule has 0 amide bonds. The van der Waals surface area contributed by atoms with Crippen LogP contribution in [-0.2, 0) is 0 Å². The van der Waals surface area contributed by atoms with Crippen molar-refractivity contribution in [3.63, 3.8) is 0 Å². The van der Waals surface area contributed by atoms with Crippen molar-refractivity contribution in [3.8, 4) is 62.1 Å². The molecule has 12 rings (SSSR count). The molecule has 1 unspecified atom stereocenters. The van der Waals surface area contributed by atoms with Gasteiger partial charge in [0.15, 0.2) is 17.5 Å². The summed E-state index contributed by atoms with van der Waals surface area (Å²) in [6, 6.07) is 39.9. The van der Waals surface area contributed by atoms with E-state index in [4.69, 9.17) is 21.8 Å². The van der Waals surface area contributed by atoms with E-state index in [2.05, 4.69) is 30.4 Å². The number of thiophene rings is 1. The lowest BCUT2D eigenvalue weighted by Crippen LogP contribution is -2.09. The van der Waals surface area contributed by atoms with E-state index < -0.39 is 0 Å². The van der Waals surface area contributed by atoms with E-state index in [1.165, 1.54) is 30.3 Å². The number of para-hydroxylation sites is 1. The molecule has 0 aliphatic heterocycles. The third kappa shape index (κ3) is 6.17. The van der Waals surface area contributed by atoms with Crippen molar-refractivity contribution in [3.05, 3.63) is 222 Å². The van der Waals surface area contributed by atoms with Crippen molar-refractivity contribution in [1.82, 2.24) is 19.5 Å². The monoisotopic (exact) mass is 820 g/mol. The zero-order valence-corrected chi connectivity index (χ0v) is 33.7. The van der Waals surface area contributed by atoms with Gasteiger partial charge in [0.25, 0.3) is 0 Å². The van der Waals surface area contributed by atoms with Gasteiger partial charge in [-0.05, 0) is 87.6 Å². The Bertz CT molecular complexity index is 3990. The number of allylic oxidation sites excluding steroid dienone is 1. The van der Waals surface area contributed by atoms with Crippen LogP contribution in [0, 0.1) is 0 Å². The Morgan fingerprint density at radius 1 is 0.532 bits per heavy atom. The molecule has 0 saturated heterocycles. The number of hydrogen-bond donors (Lipinski definition) is 0. The van der Waals surface area contributed by atoms with Gasteiger partial charge in [0.05, 0.1) is 30.4 Å². The molecule has 1 aliphatic carbocycles. The Kier molecular flexibility index (Phi) is 6.61. The average molecular weight is 821 g/mol. The van der Waals surface area contributed by atoms with E-state index >= 15 is 0 Å². The SMILES string of the molecule is [2H]c1cc([2H])c(-c2c([2H])c(-c3c([2H])cc([2H])cc3[2H])c3c4cc([2H])cc([2H])c4n(-c4ccc(-c5nc(-c6ccccc6)nc(-c6ccccc6)n5)cc4C4CC=Cc5c4sc4ccccc54)c3c2[2H])c([2H])c1. The molecule has 4 nitrogen and oxygen atoms in total. The second kappa shape index (κ2) is 15.1. The highest BCUT2D eigenvalue weighted by atomic mass is 32.1. The summed E-state index contributed by atoms with van der Waals surface area (Å²) in [5.74, 6) is 1.09. The molecule has 3 heterocycles. The van der Waals surface area contributed by atoms with Crippen LogP contribution in [0.4, 0.5) is 0 Å². The van der Waals surface area contributed by atoms with Gasteiger partial charge in [-0.25, -0.2) is 15.0 Å². The summed E-state index contributed by atoms with van der Waals surface area (Å²) in [6.07, 6.45) is 4.89. The van der Waals surface area contributed by atoms with Crippen molar-refractivity contribution in [2.24, 2.45) is 0 Å². The van der Waals surface area contributed by atoms with E-state index in [9.17, 15) is 6.85 Å². The van der Waals surface area contributed by atoms with Gasteiger partial charge < -0.3 is 4.57 Å². The Labute approximate surface area is 377 Å². The first kappa shape index (κ1) is 27.2. The van der Waals surface area contributed by atoms with Gasteiger partial charge in [0.2, 0.25) is 0 Å². The van der Waals surface area contributed by atoms with E-state index in [1.807, 2.05) is 89.5 Å². The fourth-order valence-corrected chi connectivity index (χ4v) is 9.93. The van der Waals surface area contributed by atoms with Crippen LogP contribution in [-0.4, -0.2) is 19.5 Å². The highest BCUT2D eigenvalue weighted by molar-refractivity contribution is 7.19. The molecule has 292 valence electrons. The molecular weight excluding hydrogens is 773 g/mol. The van der Waals surface area contributed by atoms with Crippen molar-refractivity contribution in [1.29, 1.82) is 0 Å². The maximum atomic E-state index is 10.3. The molecule has 0 bridgehead atoms. The molecule has 0 N–H and O–H groups in total. The van der Waals surface area contributed by atoms with E-state index in [0.29, 0.717) is 46.0 Å². The first-order valence-electron chi connectivity index (χ1n) is 25.3. The minimum Gasteiger partial charge on any atom is -0.309 e. The molecule has 0 radical (unpaired) electrons. The van der Waals surface area contributed by atoms with Crippen LogP contribution in [0.15, 0.2) is 206 Å². The number of aromatic nitrogens is 4. The fraction of sp³-hybridized carbons (Fsp3) is 0.0351. The molecule has 62 heavy (non-hydrogen) atoms. The molecule has 11 aromatic rings. The predicted molar refractivity (Wildman–Crippen MR) is 259 cm³/mol. The first-order valence-corrected chi connectivity index (χ1v) is 21.1. The van der Waals surface area contributed by atoms with Crippen LogP contribution in [0.1, 0.15) is 42.1 Å². The quantitative estimate of drug-likeness (QED) is 0.161. The van der Waals surface area contributed by atoms with Gasteiger partial charge in [0.1, 0.15) is 0 Å². The lowest BCUT2D eigenvalue weighted by atomic mass is 9.85. The largest absolute Gasteiger partial charge is 0.309 e. The van der Waals surface area contributed by atoms with E-state index in [1.54, 1.807) is 17.4 Å². The van der Waals surface area contributed by atoms with Crippen LogP contribution in [0.25, 0.3) is 100 Å². The maximum absolute atomic E-state index is 10.3. The Morgan fingerprint density at radius 2 is 1.18 bits per heavy atom. The summed E-state index contributed by atoms with van der Waals surface area (Å²) in [5, 5.41) is 1.68. The standard InChI is InChI=1S/C57H38N4S/c1-5-18-37(19-6-1)42-35-47(38-20-7-2-8-21-38)53-46-27-13-15-30-49(46)61(51(53)36-42)50-33-32-41(34-48(50)45-29-17-28-44-43-26-14-16-31-52(43)62-54(44)45)57-59-55(39-22-9-3-10-23-39)58-56(60-57)40-24-11-4-12-25-40/h1-28,30-36,45H,29H2/i1D,2D,13D,18D,19D,20D,21D,30D,35D,36D. The average Bonchev–Trinajstić information content (AvgIpc) is 3.92. The highest BCUT2D eigenvalue weighted by Crippen LogP contribution is 2.48. The summed E-state index contributed by atoms with van der Waals surface area (Å²) in [4.78, 5) is 16.2. The van der Waals surface area contributed by atoms with Crippen LogP contribution in [0.3, 0.4) is 0 Å². The number of hydrogen-bond acceptors (Lipinski definition) is 4. The highest BCUT2D eigenvalue weighted by Gasteiger charge is 2.29. The Balaban J connectivity index is 1.24. The Hall–Kier alpha value is -7.73. The zero-order valence-electron chi connectivity index (χ0n) is 42.9. The summed E-state index contributed by atoms with van der Waals surface area (Å²) < 4.78 is 95.2. The van der Waals surface area contributed by atoms with Gasteiger partial charge >= 0.3 is 0 Å². The van der Waals surface area contributed by atoms with Crippen LogP contribution >= 0.6 is 11.3 Å². The van der Waals surface area contributed by atoms with Crippen LogP contribution in [0.5, 0.6) is 0 Å². The smallest absolute Gasteiger partial charge is 0.164 e. The van der Waals surface area contributed by atoms with Crippen molar-refractivity contribution in [2.45, 2.75) is 12.3 Å². The molecule has 0 spiro atoms. The molecule has 1 aliphatic rings. The molecular formula is C57H38N4S. The first-order chi connectivity index (χ1) is 34.8. The summed E-state index contributed by atoms with van der Waals surface area (Å²) >= 11 is 1.70. The van der Waals surface area contributed by atoms with E-state index in [-0.39, 0.29) is 99.5 Å². The van der Waals surface area contributed by atoms with Crippen LogP contribution in [0.2, 0.25) is 0 Å². The predicted octanol–water partition coefficient (Wildman–Crippen LogP) is 15.1. The van der Waals surface area contributed by atoms with Crippen molar-refractivity contribution in [2.75, 3.05) is 0 Å². The third-order valence-electron chi connectivity index (χ3n) is 11.4. The molecule has 1 atom stereocenters. The minimum absolute atomic E-state index is 0.00700. The summed E-state index contributed by atoms with van der Waals surface area (Å²) in [6.45, 7) is 0. The van der Waals surface area contributed by atoms with E-state index in [0.717, 1.165) is 37.2 Å². The normalized spacial score (nSPS) is 15.8. The minimum atomic E-state index is -0.339.